The Morgan fingerprint density at radius 1 is 0.977 bits per heavy atom. The number of hydrogen-bond donors (Lipinski definition) is 0. The summed E-state index contributed by atoms with van der Waals surface area (Å²) >= 11 is 6.11. The summed E-state index contributed by atoms with van der Waals surface area (Å²) in [6, 6.07) is 20.4. The van der Waals surface area contributed by atoms with Crippen LogP contribution in [0.15, 0.2) is 120 Å². The molecule has 0 saturated carbocycles. The summed E-state index contributed by atoms with van der Waals surface area (Å²) in [4.78, 5) is 17.8. The van der Waals surface area contributed by atoms with E-state index in [2.05, 4.69) is 11.6 Å². The van der Waals surface area contributed by atoms with E-state index in [4.69, 9.17) is 16.3 Å². The maximum absolute atomic E-state index is 13.7. The quantitative estimate of drug-likeness (QED) is 0.0715. The second-order valence-corrected chi connectivity index (χ2v) is 10.9. The number of allylic oxidation sites excluding steroid dienone is 1. The van der Waals surface area contributed by atoms with E-state index in [-0.39, 0.29) is 22.8 Å². The number of Topliss-reactive ketones (excluding diaryl/α,β-unsaturated/α-hetero) is 1. The highest BCUT2D eigenvalue weighted by Crippen LogP contribution is 2.31. The van der Waals surface area contributed by atoms with Crippen molar-refractivity contribution in [3.05, 3.63) is 120 Å². The van der Waals surface area contributed by atoms with Gasteiger partial charge in [-0.05, 0) is 61.5 Å². The Kier molecular flexibility index (Phi) is 11.7. The van der Waals surface area contributed by atoms with Crippen LogP contribution in [0.5, 0.6) is 5.75 Å². The second kappa shape index (κ2) is 15.2. The molecule has 3 aromatic carbocycles. The number of nitrogens with zero attached hydrogens (tertiary/aromatic N) is 3. The van der Waals surface area contributed by atoms with Crippen LogP contribution in [-0.2, 0) is 16.6 Å². The minimum atomic E-state index is -4.02. The Balaban J connectivity index is 0.00000121. The highest BCUT2D eigenvalue weighted by atomic mass is 35.5. The van der Waals surface area contributed by atoms with Crippen LogP contribution in [0.25, 0.3) is 21.8 Å². The lowest BCUT2D eigenvalue weighted by molar-refractivity contribution is 0.0975. The number of carbonyl (C=O) groups excluding carboxylic acids is 1. The molecular formula is C34H36ClN3O4S. The molecule has 0 radical (unpaired) electrons. The number of ether oxygens (including phenoxy) is 1. The zero-order valence-electron chi connectivity index (χ0n) is 25.0. The van der Waals surface area contributed by atoms with Gasteiger partial charge in [0.25, 0.3) is 10.0 Å². The molecule has 0 saturated heterocycles. The summed E-state index contributed by atoms with van der Waals surface area (Å²) in [7, 11) is -4.02. The standard InChI is InChI=1S/C30H24ClN3O4S.2C2H6/c1-3-23(18-32-4-2)38-24-11-12-26-27(30(35)20-33-15-14-21-16-22(31)10-13-28(21)33)19-34(29(26)17-24)39(36,37)25-8-6-5-7-9-25;2*1-2/h3-19H,1,20H2,2H3;2*1-2H3/b23-18+,32-4?;;. The number of hydrogen-bond acceptors (Lipinski definition) is 5. The van der Waals surface area contributed by atoms with Crippen molar-refractivity contribution in [1.82, 2.24) is 8.54 Å². The fourth-order valence-electron chi connectivity index (χ4n) is 4.32. The van der Waals surface area contributed by atoms with Gasteiger partial charge in [-0.3, -0.25) is 9.79 Å². The van der Waals surface area contributed by atoms with Crippen molar-refractivity contribution in [1.29, 1.82) is 0 Å². The first-order valence-electron chi connectivity index (χ1n) is 14.0. The molecule has 5 rings (SSSR count). The molecule has 0 spiro atoms. The van der Waals surface area contributed by atoms with Crippen molar-refractivity contribution < 1.29 is 17.9 Å². The van der Waals surface area contributed by atoms with Gasteiger partial charge in [-0.2, -0.15) is 0 Å². The van der Waals surface area contributed by atoms with Gasteiger partial charge in [-0.25, -0.2) is 12.4 Å². The normalized spacial score (nSPS) is 11.5. The molecule has 0 unspecified atom stereocenters. The van der Waals surface area contributed by atoms with Crippen LogP contribution in [0.2, 0.25) is 5.02 Å². The van der Waals surface area contributed by atoms with E-state index in [1.807, 2.05) is 56.7 Å². The first-order valence-corrected chi connectivity index (χ1v) is 15.8. The van der Waals surface area contributed by atoms with Crippen LogP contribution >= 0.6 is 11.6 Å². The molecule has 5 aromatic rings. The Labute approximate surface area is 258 Å². The topological polar surface area (TPSA) is 82.7 Å². The summed E-state index contributed by atoms with van der Waals surface area (Å²) in [6.45, 7) is 13.5. The zero-order valence-corrected chi connectivity index (χ0v) is 26.6. The average molecular weight is 618 g/mol. The lowest BCUT2D eigenvalue weighted by Crippen LogP contribution is -2.12. The third-order valence-corrected chi connectivity index (χ3v) is 8.10. The molecule has 0 bridgehead atoms. The fourth-order valence-corrected chi connectivity index (χ4v) is 5.88. The fraction of sp³-hybridized carbons (Fsp3) is 0.176. The summed E-state index contributed by atoms with van der Waals surface area (Å²) < 4.78 is 36.2. The van der Waals surface area contributed by atoms with Crippen LogP contribution in [0.1, 0.15) is 45.0 Å². The van der Waals surface area contributed by atoms with Crippen LogP contribution in [0.4, 0.5) is 0 Å². The first kappa shape index (κ1) is 33.1. The molecule has 0 fully saturated rings. The van der Waals surface area contributed by atoms with Crippen LogP contribution in [0.3, 0.4) is 0 Å². The molecule has 43 heavy (non-hydrogen) atoms. The van der Waals surface area contributed by atoms with Gasteiger partial charge in [0.05, 0.1) is 23.2 Å². The highest BCUT2D eigenvalue weighted by Gasteiger charge is 2.24. The molecular weight excluding hydrogens is 582 g/mol. The van der Waals surface area contributed by atoms with Gasteiger partial charge in [0.2, 0.25) is 0 Å². The summed E-state index contributed by atoms with van der Waals surface area (Å²) in [5, 5.41) is 2.00. The van der Waals surface area contributed by atoms with Crippen molar-refractivity contribution in [2.24, 2.45) is 4.99 Å². The number of aromatic nitrogens is 2. The summed E-state index contributed by atoms with van der Waals surface area (Å²) in [6.07, 6.45) is 7.80. The molecule has 2 heterocycles. The molecule has 9 heteroatoms. The Hall–Kier alpha value is -4.40. The van der Waals surface area contributed by atoms with E-state index in [1.54, 1.807) is 55.6 Å². The van der Waals surface area contributed by atoms with Crippen molar-refractivity contribution in [2.45, 2.75) is 46.1 Å². The van der Waals surface area contributed by atoms with E-state index in [0.29, 0.717) is 27.4 Å². The first-order chi connectivity index (χ1) is 20.8. The van der Waals surface area contributed by atoms with Gasteiger partial charge in [0.1, 0.15) is 11.5 Å². The van der Waals surface area contributed by atoms with E-state index >= 15 is 0 Å². The number of rotatable bonds is 9. The molecule has 0 aliphatic carbocycles. The maximum Gasteiger partial charge on any atom is 0.268 e. The minimum Gasteiger partial charge on any atom is -0.456 e. The minimum absolute atomic E-state index is 0.0201. The van der Waals surface area contributed by atoms with Gasteiger partial charge in [0.15, 0.2) is 5.78 Å². The third kappa shape index (κ3) is 7.34. The van der Waals surface area contributed by atoms with Crippen molar-refractivity contribution in [3.63, 3.8) is 0 Å². The Morgan fingerprint density at radius 2 is 1.70 bits per heavy atom. The van der Waals surface area contributed by atoms with E-state index < -0.39 is 10.0 Å². The molecule has 0 aliphatic rings. The van der Waals surface area contributed by atoms with E-state index in [9.17, 15) is 13.2 Å². The monoisotopic (exact) mass is 617 g/mol. The van der Waals surface area contributed by atoms with Gasteiger partial charge in [-0.1, -0.05) is 64.1 Å². The van der Waals surface area contributed by atoms with Crippen molar-refractivity contribution >= 4 is 55.4 Å². The van der Waals surface area contributed by atoms with Crippen LogP contribution in [0, 0.1) is 0 Å². The second-order valence-electron chi connectivity index (χ2n) is 8.65. The Morgan fingerprint density at radius 3 is 2.37 bits per heavy atom. The van der Waals surface area contributed by atoms with Crippen molar-refractivity contribution in [2.75, 3.05) is 0 Å². The largest absolute Gasteiger partial charge is 0.456 e. The van der Waals surface area contributed by atoms with E-state index in [1.165, 1.54) is 30.6 Å². The number of halogens is 1. The number of benzene rings is 3. The Bertz CT molecular complexity index is 1890. The number of carbonyl (C=O) groups is 1. The summed E-state index contributed by atoms with van der Waals surface area (Å²) in [5.74, 6) is 0.509. The predicted molar refractivity (Wildman–Crippen MR) is 178 cm³/mol. The molecule has 0 atom stereocenters. The molecule has 0 amide bonds. The third-order valence-electron chi connectivity index (χ3n) is 6.18. The van der Waals surface area contributed by atoms with Gasteiger partial charge < -0.3 is 9.30 Å². The van der Waals surface area contributed by atoms with Gasteiger partial charge in [0, 0.05) is 51.5 Å². The number of ketones is 1. The molecule has 0 N–H and O–H groups in total. The average Bonchev–Trinajstić information content (AvgIpc) is 3.62. The van der Waals surface area contributed by atoms with Gasteiger partial charge >= 0.3 is 0 Å². The zero-order chi connectivity index (χ0) is 31.6. The predicted octanol–water partition coefficient (Wildman–Crippen LogP) is 8.92. The molecule has 0 aliphatic heterocycles. The highest BCUT2D eigenvalue weighted by molar-refractivity contribution is 7.90. The van der Waals surface area contributed by atoms with Crippen LogP contribution in [-0.4, -0.2) is 29.0 Å². The number of fused-ring (bicyclic) bond motifs is 2. The van der Waals surface area contributed by atoms with Gasteiger partial charge in [-0.15, -0.1) is 0 Å². The molecule has 224 valence electrons. The molecule has 2 aromatic heterocycles. The van der Waals surface area contributed by atoms with Crippen molar-refractivity contribution in [3.8, 4) is 5.75 Å². The molecule has 7 nitrogen and oxygen atoms in total. The lowest BCUT2D eigenvalue weighted by atomic mass is 10.1. The lowest BCUT2D eigenvalue weighted by Gasteiger charge is -2.09. The maximum atomic E-state index is 13.7. The van der Waals surface area contributed by atoms with Crippen LogP contribution < -0.4 is 4.74 Å². The van der Waals surface area contributed by atoms with E-state index in [0.717, 1.165) is 14.9 Å². The summed E-state index contributed by atoms with van der Waals surface area (Å²) in [5.41, 5.74) is 1.44. The smallest absolute Gasteiger partial charge is 0.268 e. The number of aliphatic imine (C=N–C) groups is 1. The SMILES string of the molecule is C=C/C(=C\N=CC)Oc1ccc2c(C(=O)Cn3ccc4cc(Cl)ccc43)cn(S(=O)(=O)c3ccccc3)c2c1.CC.CC.